The fourth-order valence-corrected chi connectivity index (χ4v) is 2.56. The molecule has 0 aromatic heterocycles. The first kappa shape index (κ1) is 18.8. The van der Waals surface area contributed by atoms with E-state index in [1.807, 2.05) is 0 Å². The van der Waals surface area contributed by atoms with Crippen LogP contribution >= 0.6 is 11.6 Å². The quantitative estimate of drug-likeness (QED) is 0.260. The third-order valence-electron chi connectivity index (χ3n) is 3.70. The Morgan fingerprint density at radius 1 is 0.737 bits per heavy atom. The highest BCUT2D eigenvalue weighted by Crippen LogP contribution is 2.14. The van der Waals surface area contributed by atoms with E-state index in [4.69, 9.17) is 16.9 Å². The van der Waals surface area contributed by atoms with Crippen molar-refractivity contribution in [1.29, 1.82) is 5.26 Å². The van der Waals surface area contributed by atoms with E-state index in [0.717, 1.165) is 12.8 Å². The van der Waals surface area contributed by atoms with Gasteiger partial charge in [-0.3, -0.25) is 0 Å². The number of nitriles is 1. The molecule has 19 heavy (non-hydrogen) atoms. The molecule has 1 atom stereocenters. The van der Waals surface area contributed by atoms with Crippen molar-refractivity contribution >= 4 is 11.6 Å². The van der Waals surface area contributed by atoms with Gasteiger partial charge in [-0.2, -0.15) is 5.26 Å². The number of hydrogen-bond donors (Lipinski definition) is 0. The van der Waals surface area contributed by atoms with Gasteiger partial charge in [0.15, 0.2) is 0 Å². The van der Waals surface area contributed by atoms with Crippen LogP contribution in [0.2, 0.25) is 0 Å². The number of nitrogens with zero attached hydrogens (tertiary/aromatic N) is 1. The summed E-state index contributed by atoms with van der Waals surface area (Å²) in [7, 11) is 0. The van der Waals surface area contributed by atoms with E-state index in [1.54, 1.807) is 0 Å². The van der Waals surface area contributed by atoms with Gasteiger partial charge in [-0.05, 0) is 6.42 Å². The molecule has 0 heterocycles. The van der Waals surface area contributed by atoms with E-state index in [-0.39, 0.29) is 5.38 Å². The fourth-order valence-electron chi connectivity index (χ4n) is 2.41. The Morgan fingerprint density at radius 2 is 1.11 bits per heavy atom. The summed E-state index contributed by atoms with van der Waals surface area (Å²) in [6.07, 6.45) is 18.6. The van der Waals surface area contributed by atoms with Crippen LogP contribution in [0.4, 0.5) is 0 Å². The number of hydrogen-bond acceptors (Lipinski definition) is 1. The maximum atomic E-state index is 8.54. The third-order valence-corrected chi connectivity index (χ3v) is 4.02. The van der Waals surface area contributed by atoms with E-state index in [0.29, 0.717) is 0 Å². The van der Waals surface area contributed by atoms with Gasteiger partial charge in [-0.1, -0.05) is 90.4 Å². The van der Waals surface area contributed by atoms with E-state index in [9.17, 15) is 0 Å². The van der Waals surface area contributed by atoms with Crippen LogP contribution in [0.1, 0.15) is 96.8 Å². The maximum absolute atomic E-state index is 8.54. The number of unbranched alkanes of at least 4 members (excludes halogenated alkanes) is 12. The van der Waals surface area contributed by atoms with Crippen molar-refractivity contribution in [2.45, 2.75) is 102 Å². The Hall–Kier alpha value is -0.220. The molecule has 1 nitrogen and oxygen atoms in total. The summed E-state index contributed by atoms with van der Waals surface area (Å²) in [6.45, 7) is 2.27. The highest BCUT2D eigenvalue weighted by molar-refractivity contribution is 6.22. The standard InChI is InChI=1S/C17H32ClN/c1-2-3-4-5-6-7-8-9-10-11-12-13-14-15-17(18)16-19/h17H,2-15H2,1H3. The van der Waals surface area contributed by atoms with Crippen LogP contribution in [-0.2, 0) is 0 Å². The molecule has 112 valence electrons. The fraction of sp³-hybridized carbons (Fsp3) is 0.941. The molecule has 0 fully saturated rings. The predicted octanol–water partition coefficient (Wildman–Crippen LogP) is 6.60. The zero-order chi connectivity index (χ0) is 14.2. The highest BCUT2D eigenvalue weighted by atomic mass is 35.5. The van der Waals surface area contributed by atoms with E-state index in [2.05, 4.69) is 13.0 Å². The largest absolute Gasteiger partial charge is 0.197 e. The molecule has 0 N–H and O–H groups in total. The van der Waals surface area contributed by atoms with Gasteiger partial charge in [-0.15, -0.1) is 11.6 Å². The third kappa shape index (κ3) is 15.7. The van der Waals surface area contributed by atoms with Gasteiger partial charge in [-0.25, -0.2) is 0 Å². The summed E-state index contributed by atoms with van der Waals surface area (Å²) in [6, 6.07) is 2.07. The monoisotopic (exact) mass is 285 g/mol. The molecule has 2 heteroatoms. The molecule has 0 bridgehead atoms. The van der Waals surface area contributed by atoms with Crippen molar-refractivity contribution in [2.24, 2.45) is 0 Å². The summed E-state index contributed by atoms with van der Waals surface area (Å²) >= 11 is 5.75. The Balaban J connectivity index is 2.97. The van der Waals surface area contributed by atoms with Gasteiger partial charge < -0.3 is 0 Å². The molecule has 0 aliphatic rings. The van der Waals surface area contributed by atoms with Gasteiger partial charge in [0, 0.05) is 0 Å². The van der Waals surface area contributed by atoms with Crippen LogP contribution in [0.15, 0.2) is 0 Å². The Bertz CT molecular complexity index is 210. The van der Waals surface area contributed by atoms with Crippen LogP contribution in [0.5, 0.6) is 0 Å². The first-order chi connectivity index (χ1) is 9.31. The second kappa shape index (κ2) is 15.8. The van der Waals surface area contributed by atoms with Crippen LogP contribution in [0, 0.1) is 11.3 Å². The average Bonchev–Trinajstić information content (AvgIpc) is 2.43. The van der Waals surface area contributed by atoms with Crippen molar-refractivity contribution in [3.8, 4) is 6.07 Å². The van der Waals surface area contributed by atoms with Crippen molar-refractivity contribution in [3.63, 3.8) is 0 Å². The van der Waals surface area contributed by atoms with Gasteiger partial charge in [0.1, 0.15) is 5.38 Å². The molecule has 0 aliphatic heterocycles. The SMILES string of the molecule is CCCCCCCCCCCCCCCC(Cl)C#N. The Morgan fingerprint density at radius 3 is 1.47 bits per heavy atom. The molecular weight excluding hydrogens is 254 g/mol. The Labute approximate surface area is 125 Å². The molecule has 0 radical (unpaired) electrons. The number of halogens is 1. The maximum Gasteiger partial charge on any atom is 0.120 e. The van der Waals surface area contributed by atoms with Crippen LogP contribution in [-0.4, -0.2) is 5.38 Å². The van der Waals surface area contributed by atoms with E-state index < -0.39 is 0 Å². The number of alkyl halides is 1. The molecule has 0 rings (SSSR count). The molecule has 0 aromatic rings. The van der Waals surface area contributed by atoms with Crippen LogP contribution in [0.25, 0.3) is 0 Å². The van der Waals surface area contributed by atoms with Crippen molar-refractivity contribution in [3.05, 3.63) is 0 Å². The predicted molar refractivity (Wildman–Crippen MR) is 85.6 cm³/mol. The van der Waals surface area contributed by atoms with Crippen LogP contribution in [0.3, 0.4) is 0 Å². The molecule has 0 amide bonds. The zero-order valence-corrected chi connectivity index (χ0v) is 13.6. The molecule has 1 unspecified atom stereocenters. The first-order valence-corrected chi connectivity index (χ1v) is 8.78. The van der Waals surface area contributed by atoms with Crippen LogP contribution < -0.4 is 0 Å². The minimum absolute atomic E-state index is 0.271. The smallest absolute Gasteiger partial charge is 0.120 e. The highest BCUT2D eigenvalue weighted by Gasteiger charge is 2.00. The minimum atomic E-state index is -0.271. The second-order valence-electron chi connectivity index (χ2n) is 5.63. The molecular formula is C17H32ClN. The molecule has 0 saturated heterocycles. The topological polar surface area (TPSA) is 23.8 Å². The number of rotatable bonds is 14. The second-order valence-corrected chi connectivity index (χ2v) is 6.15. The molecule has 0 saturated carbocycles. The lowest BCUT2D eigenvalue weighted by Crippen LogP contribution is -1.92. The Kier molecular flexibility index (Phi) is 15.7. The van der Waals surface area contributed by atoms with Gasteiger partial charge in [0.2, 0.25) is 0 Å². The van der Waals surface area contributed by atoms with Gasteiger partial charge in [0.05, 0.1) is 6.07 Å². The lowest BCUT2D eigenvalue weighted by Gasteiger charge is -2.03. The molecule has 0 aromatic carbocycles. The summed E-state index contributed by atoms with van der Waals surface area (Å²) in [4.78, 5) is 0. The zero-order valence-electron chi connectivity index (χ0n) is 12.8. The first-order valence-electron chi connectivity index (χ1n) is 8.35. The summed E-state index contributed by atoms with van der Waals surface area (Å²) in [5.74, 6) is 0. The molecule has 0 aliphatic carbocycles. The summed E-state index contributed by atoms with van der Waals surface area (Å²) in [5, 5.41) is 8.27. The van der Waals surface area contributed by atoms with Gasteiger partial charge in [0.25, 0.3) is 0 Å². The summed E-state index contributed by atoms with van der Waals surface area (Å²) < 4.78 is 0. The lowest BCUT2D eigenvalue weighted by atomic mass is 10.0. The average molecular weight is 286 g/mol. The normalized spacial score (nSPS) is 12.3. The van der Waals surface area contributed by atoms with Crippen molar-refractivity contribution in [2.75, 3.05) is 0 Å². The van der Waals surface area contributed by atoms with E-state index >= 15 is 0 Å². The lowest BCUT2D eigenvalue weighted by molar-refractivity contribution is 0.537. The van der Waals surface area contributed by atoms with E-state index in [1.165, 1.54) is 77.0 Å². The van der Waals surface area contributed by atoms with Crippen molar-refractivity contribution in [1.82, 2.24) is 0 Å². The molecule has 0 spiro atoms. The van der Waals surface area contributed by atoms with Crippen molar-refractivity contribution < 1.29 is 0 Å². The minimum Gasteiger partial charge on any atom is -0.197 e. The summed E-state index contributed by atoms with van der Waals surface area (Å²) in [5.41, 5.74) is 0. The van der Waals surface area contributed by atoms with Gasteiger partial charge >= 0.3 is 0 Å².